The fourth-order valence-corrected chi connectivity index (χ4v) is 12.9. The van der Waals surface area contributed by atoms with Crippen LogP contribution in [0.15, 0.2) is 84.9 Å². The van der Waals surface area contributed by atoms with E-state index in [0.717, 1.165) is 17.2 Å². The van der Waals surface area contributed by atoms with Gasteiger partial charge in [0.1, 0.15) is 5.82 Å². The highest BCUT2D eigenvalue weighted by Gasteiger charge is 2.48. The first-order valence-corrected chi connectivity index (χ1v) is 23.7. The van der Waals surface area contributed by atoms with Crippen LogP contribution in [-0.4, -0.2) is 11.7 Å². The minimum Gasteiger partial charge on any atom is -0.310 e. The molecule has 3 nitrogen and oxygen atoms in total. The van der Waals surface area contributed by atoms with Crippen LogP contribution >= 0.6 is 22.7 Å². The number of anilines is 6. The van der Waals surface area contributed by atoms with Gasteiger partial charge in [-0.25, -0.2) is 4.98 Å². The maximum absolute atomic E-state index is 5.61. The summed E-state index contributed by atoms with van der Waals surface area (Å²) in [5, 5.41) is 2.66. The largest absolute Gasteiger partial charge is 0.310 e. The van der Waals surface area contributed by atoms with Crippen LogP contribution < -0.4 is 24.8 Å². The van der Waals surface area contributed by atoms with E-state index in [1.165, 1.54) is 98.6 Å². The van der Waals surface area contributed by atoms with E-state index in [-0.39, 0.29) is 33.8 Å². The van der Waals surface area contributed by atoms with Crippen molar-refractivity contribution in [1.29, 1.82) is 0 Å². The van der Waals surface area contributed by atoms with Gasteiger partial charge in [-0.2, -0.15) is 0 Å². The Kier molecular flexibility index (Phi) is 8.50. The quantitative estimate of drug-likeness (QED) is 0.162. The number of pyridine rings is 1. The third kappa shape index (κ3) is 5.97. The Hall–Kier alpha value is -4.39. The van der Waals surface area contributed by atoms with Crippen LogP contribution in [0.3, 0.4) is 0 Å². The van der Waals surface area contributed by atoms with E-state index in [9.17, 15) is 0 Å². The lowest BCUT2D eigenvalue weighted by Gasteiger charge is -2.44. The molecule has 5 heterocycles. The highest BCUT2D eigenvalue weighted by molar-refractivity contribution is 7.40. The normalized spacial score (nSPS) is 16.9. The van der Waals surface area contributed by atoms with Gasteiger partial charge in [0.05, 0.1) is 11.4 Å². The highest BCUT2D eigenvalue weighted by Crippen LogP contribution is 2.53. The van der Waals surface area contributed by atoms with Crippen LogP contribution in [0.4, 0.5) is 34.3 Å². The summed E-state index contributed by atoms with van der Waals surface area (Å²) in [5.41, 5.74) is 16.0. The number of hydrogen-bond donors (Lipinski definition) is 0. The van der Waals surface area contributed by atoms with Crippen molar-refractivity contribution < 1.29 is 0 Å². The Morgan fingerprint density at radius 2 is 1.03 bits per heavy atom. The lowest BCUT2D eigenvalue weighted by Crippen LogP contribution is -2.59. The Morgan fingerprint density at radius 3 is 1.57 bits per heavy atom. The third-order valence-corrected chi connectivity index (χ3v) is 16.5. The van der Waals surface area contributed by atoms with Crippen LogP contribution in [0, 0.1) is 6.92 Å². The number of thiophene rings is 2. The van der Waals surface area contributed by atoms with Crippen LogP contribution in [0.1, 0.15) is 136 Å². The standard InChI is InChI=1S/C54H60BN3S2/c1-31-27-41-44-49(56-31)58(35-19-15-32(16-20-35)50(2,3)4)46-38-29-34(52(8,9)10)18-24-43(38)60-48(46)55(44)47-45(37-28-33(51(5,6)7)17-23-42(37)59-47)57(41)36-21-22-39-40(30-36)54(13,14)26-25-53(39,11)12/h15-24,27-30H,25-26H2,1-14H3. The molecule has 1 aliphatic carbocycles. The molecule has 0 atom stereocenters. The smallest absolute Gasteiger partial charge is 0.279 e. The lowest BCUT2D eigenvalue weighted by atomic mass is 9.39. The van der Waals surface area contributed by atoms with Gasteiger partial charge >= 0.3 is 0 Å². The van der Waals surface area contributed by atoms with E-state index in [0.29, 0.717) is 0 Å². The van der Waals surface area contributed by atoms with Gasteiger partial charge in [-0.3, -0.25) is 4.90 Å². The molecule has 0 fully saturated rings. The van der Waals surface area contributed by atoms with E-state index in [1.54, 1.807) is 0 Å². The van der Waals surface area contributed by atoms with E-state index in [1.807, 2.05) is 22.7 Å². The predicted molar refractivity (Wildman–Crippen MR) is 265 cm³/mol. The molecule has 7 aromatic rings. The molecule has 0 bridgehead atoms. The average Bonchev–Trinajstić information content (AvgIpc) is 3.74. The molecule has 0 spiro atoms. The monoisotopic (exact) mass is 825 g/mol. The molecule has 0 N–H and O–H groups in total. The van der Waals surface area contributed by atoms with Crippen LogP contribution in [0.5, 0.6) is 0 Å². The minimum absolute atomic E-state index is 0.0180. The SMILES string of the molecule is Cc1cc2c3c(n1)N(c1ccc(C(C)(C)C)cc1)c1c(sc4ccc(C(C)(C)C)cc14)B3c1sc3ccc(C(C)(C)C)cc3c1N2c1ccc2c(c1)C(C)(C)CCC2(C)C. The maximum Gasteiger partial charge on any atom is 0.279 e. The minimum atomic E-state index is 0.0180. The van der Waals surface area contributed by atoms with E-state index >= 15 is 0 Å². The summed E-state index contributed by atoms with van der Waals surface area (Å²) < 4.78 is 5.50. The molecule has 60 heavy (non-hydrogen) atoms. The van der Waals surface area contributed by atoms with E-state index in [2.05, 4.69) is 192 Å². The Bertz CT molecular complexity index is 2910. The Labute approximate surface area is 367 Å². The second kappa shape index (κ2) is 12.8. The average molecular weight is 826 g/mol. The van der Waals surface area contributed by atoms with Gasteiger partial charge in [-0.15, -0.1) is 22.7 Å². The molecule has 0 saturated heterocycles. The highest BCUT2D eigenvalue weighted by atomic mass is 32.1. The van der Waals surface area contributed by atoms with Crippen molar-refractivity contribution in [2.24, 2.45) is 0 Å². The zero-order valence-corrected chi connectivity index (χ0v) is 39.9. The molecule has 4 aromatic carbocycles. The Morgan fingerprint density at radius 1 is 0.550 bits per heavy atom. The van der Waals surface area contributed by atoms with Gasteiger partial charge in [0.25, 0.3) is 6.71 Å². The zero-order valence-electron chi connectivity index (χ0n) is 38.2. The predicted octanol–water partition coefficient (Wildman–Crippen LogP) is 14.1. The molecular weight excluding hydrogens is 766 g/mol. The van der Waals surface area contributed by atoms with Gasteiger partial charge in [-0.05, 0) is 135 Å². The van der Waals surface area contributed by atoms with E-state index in [4.69, 9.17) is 4.98 Å². The fourth-order valence-electron chi connectivity index (χ4n) is 10.2. The molecule has 3 aromatic heterocycles. The molecule has 6 heteroatoms. The summed E-state index contributed by atoms with van der Waals surface area (Å²) in [6.07, 6.45) is 2.38. The number of hydrogen-bond acceptors (Lipinski definition) is 5. The first-order chi connectivity index (χ1) is 28.0. The molecular formula is C54H60BN3S2. The summed E-state index contributed by atoms with van der Waals surface area (Å²) in [6, 6.07) is 33.7. The van der Waals surface area contributed by atoms with Crippen LogP contribution in [0.2, 0.25) is 0 Å². The van der Waals surface area contributed by atoms with Crippen molar-refractivity contribution in [1.82, 2.24) is 4.98 Å². The molecule has 306 valence electrons. The number of rotatable bonds is 2. The second-order valence-electron chi connectivity index (χ2n) is 22.5. The van der Waals surface area contributed by atoms with Gasteiger partial charge in [0, 0.05) is 52.5 Å². The summed E-state index contributed by atoms with van der Waals surface area (Å²) >= 11 is 3.97. The van der Waals surface area contributed by atoms with Gasteiger partial charge in [0.2, 0.25) is 0 Å². The van der Waals surface area contributed by atoms with Crippen molar-refractivity contribution in [3.8, 4) is 0 Å². The molecule has 0 saturated carbocycles. The summed E-state index contributed by atoms with van der Waals surface area (Å²) in [4.78, 5) is 10.8. The van der Waals surface area contributed by atoms with Crippen molar-refractivity contribution in [2.75, 3.05) is 9.80 Å². The van der Waals surface area contributed by atoms with Gasteiger partial charge < -0.3 is 4.90 Å². The zero-order chi connectivity index (χ0) is 42.6. The molecule has 0 unspecified atom stereocenters. The number of fused-ring (bicyclic) bond motifs is 9. The topological polar surface area (TPSA) is 19.4 Å². The number of aryl methyl sites for hydroxylation is 1. The summed E-state index contributed by atoms with van der Waals surface area (Å²) in [7, 11) is 0. The molecule has 0 amide bonds. The molecule has 10 rings (SSSR count). The van der Waals surface area contributed by atoms with Gasteiger partial charge in [-0.1, -0.05) is 120 Å². The number of nitrogens with zero attached hydrogens (tertiary/aromatic N) is 3. The van der Waals surface area contributed by atoms with E-state index < -0.39 is 0 Å². The first-order valence-electron chi connectivity index (χ1n) is 22.0. The lowest BCUT2D eigenvalue weighted by molar-refractivity contribution is 0.332. The third-order valence-electron chi connectivity index (χ3n) is 14.1. The fraction of sp³-hybridized carbons (Fsp3) is 0.389. The summed E-state index contributed by atoms with van der Waals surface area (Å²) in [6.45, 7) is 32.9. The molecule has 2 aliphatic heterocycles. The van der Waals surface area contributed by atoms with Crippen molar-refractivity contribution in [3.05, 3.63) is 118 Å². The number of benzene rings is 4. The number of aromatic nitrogens is 1. The Balaban J connectivity index is 1.33. The first kappa shape index (κ1) is 39.7. The van der Waals surface area contributed by atoms with Gasteiger partial charge in [0.15, 0.2) is 0 Å². The van der Waals surface area contributed by atoms with Crippen molar-refractivity contribution >= 4 is 98.8 Å². The maximum atomic E-state index is 5.61. The molecule has 0 radical (unpaired) electrons. The molecule has 3 aliphatic rings. The summed E-state index contributed by atoms with van der Waals surface area (Å²) in [5.74, 6) is 1.05. The van der Waals surface area contributed by atoms with Crippen LogP contribution in [-0.2, 0) is 27.1 Å². The van der Waals surface area contributed by atoms with Crippen molar-refractivity contribution in [3.63, 3.8) is 0 Å². The van der Waals surface area contributed by atoms with Crippen molar-refractivity contribution in [2.45, 2.75) is 137 Å². The second-order valence-corrected chi connectivity index (χ2v) is 24.6. The van der Waals surface area contributed by atoms with Crippen LogP contribution in [0.25, 0.3) is 20.2 Å².